The van der Waals surface area contributed by atoms with Gasteiger partial charge in [-0.3, -0.25) is 4.79 Å². The molecule has 0 heterocycles. The minimum atomic E-state index is -0.319. The number of hydrogen-bond donors (Lipinski definition) is 1. The number of hydrogen-bond acceptors (Lipinski definition) is 4. The highest BCUT2D eigenvalue weighted by molar-refractivity contribution is 7.99. The van der Waals surface area contributed by atoms with E-state index in [1.54, 1.807) is 6.07 Å². The fourth-order valence-electron chi connectivity index (χ4n) is 2.35. The van der Waals surface area contributed by atoms with Crippen molar-refractivity contribution in [3.63, 3.8) is 0 Å². The Labute approximate surface area is 159 Å². The van der Waals surface area contributed by atoms with Crippen LogP contribution in [0.5, 0.6) is 0 Å². The van der Waals surface area contributed by atoms with Crippen LogP contribution in [0.3, 0.4) is 0 Å². The highest BCUT2D eigenvalue weighted by atomic mass is 32.2. The standard InChI is InChI=1S/C21H25NO3S/c1-4-16-8-10-19(11-9-16)22-20(23)14-26-13-17-6-5-7-18(12-17)21(24)25-15(2)3/h5-12,15H,4,13-14H2,1-3H3,(H,22,23). The van der Waals surface area contributed by atoms with Gasteiger partial charge in [-0.05, 0) is 55.7 Å². The Hall–Kier alpha value is -2.27. The van der Waals surface area contributed by atoms with E-state index in [-0.39, 0.29) is 18.0 Å². The number of rotatable bonds is 8. The molecule has 5 heteroatoms. The van der Waals surface area contributed by atoms with Gasteiger partial charge in [0.15, 0.2) is 0 Å². The molecular weight excluding hydrogens is 346 g/mol. The highest BCUT2D eigenvalue weighted by Crippen LogP contribution is 2.16. The molecule has 0 aromatic heterocycles. The zero-order chi connectivity index (χ0) is 18.9. The molecule has 4 nitrogen and oxygen atoms in total. The minimum absolute atomic E-state index is 0.0328. The van der Waals surface area contributed by atoms with E-state index in [9.17, 15) is 9.59 Å². The normalized spacial score (nSPS) is 10.6. The summed E-state index contributed by atoms with van der Waals surface area (Å²) in [7, 11) is 0. The van der Waals surface area contributed by atoms with Crippen molar-refractivity contribution in [2.24, 2.45) is 0 Å². The van der Waals surface area contributed by atoms with Crippen LogP contribution in [-0.4, -0.2) is 23.7 Å². The molecule has 26 heavy (non-hydrogen) atoms. The van der Waals surface area contributed by atoms with Crippen LogP contribution < -0.4 is 5.32 Å². The summed E-state index contributed by atoms with van der Waals surface area (Å²) >= 11 is 1.51. The molecule has 0 spiro atoms. The molecule has 1 amide bonds. The number of aryl methyl sites for hydroxylation is 1. The predicted octanol–water partition coefficient (Wildman–Crippen LogP) is 4.69. The molecular formula is C21H25NO3S. The summed E-state index contributed by atoms with van der Waals surface area (Å²) in [5, 5.41) is 2.90. The van der Waals surface area contributed by atoms with Gasteiger partial charge in [-0.15, -0.1) is 11.8 Å². The number of thioether (sulfide) groups is 1. The lowest BCUT2D eigenvalue weighted by atomic mass is 10.1. The first kappa shape index (κ1) is 20.0. The maximum Gasteiger partial charge on any atom is 0.338 e. The molecule has 2 aromatic carbocycles. The lowest BCUT2D eigenvalue weighted by Gasteiger charge is -2.09. The van der Waals surface area contributed by atoms with E-state index in [4.69, 9.17) is 4.74 Å². The Morgan fingerprint density at radius 3 is 2.46 bits per heavy atom. The van der Waals surface area contributed by atoms with Gasteiger partial charge in [0.25, 0.3) is 0 Å². The lowest BCUT2D eigenvalue weighted by Crippen LogP contribution is -2.14. The molecule has 0 saturated carbocycles. The average Bonchev–Trinajstić information content (AvgIpc) is 2.62. The van der Waals surface area contributed by atoms with Crippen molar-refractivity contribution in [1.29, 1.82) is 0 Å². The molecule has 0 bridgehead atoms. The van der Waals surface area contributed by atoms with Gasteiger partial charge in [-0.2, -0.15) is 0 Å². The molecule has 0 unspecified atom stereocenters. The van der Waals surface area contributed by atoms with Crippen molar-refractivity contribution in [1.82, 2.24) is 0 Å². The fraction of sp³-hybridized carbons (Fsp3) is 0.333. The van der Waals surface area contributed by atoms with Crippen LogP contribution in [0.4, 0.5) is 5.69 Å². The summed E-state index contributed by atoms with van der Waals surface area (Å²) in [4.78, 5) is 24.0. The van der Waals surface area contributed by atoms with Crippen LogP contribution in [0.15, 0.2) is 48.5 Å². The Kier molecular flexibility index (Phi) is 7.73. The van der Waals surface area contributed by atoms with E-state index < -0.39 is 0 Å². The van der Waals surface area contributed by atoms with Gasteiger partial charge in [0.05, 0.1) is 17.4 Å². The zero-order valence-electron chi connectivity index (χ0n) is 15.5. The smallest absolute Gasteiger partial charge is 0.338 e. The monoisotopic (exact) mass is 371 g/mol. The number of carbonyl (C=O) groups excluding carboxylic acids is 2. The summed E-state index contributed by atoms with van der Waals surface area (Å²) in [5.41, 5.74) is 3.59. The van der Waals surface area contributed by atoms with E-state index in [1.807, 2.05) is 56.3 Å². The van der Waals surface area contributed by atoms with E-state index in [1.165, 1.54) is 17.3 Å². The highest BCUT2D eigenvalue weighted by Gasteiger charge is 2.10. The molecule has 0 aliphatic rings. The largest absolute Gasteiger partial charge is 0.459 e. The van der Waals surface area contributed by atoms with Crippen molar-refractivity contribution in [3.05, 3.63) is 65.2 Å². The van der Waals surface area contributed by atoms with Crippen LogP contribution in [0.2, 0.25) is 0 Å². The summed E-state index contributed by atoms with van der Waals surface area (Å²) in [6.45, 7) is 5.75. The van der Waals surface area contributed by atoms with Crippen molar-refractivity contribution in [3.8, 4) is 0 Å². The number of carbonyl (C=O) groups is 2. The van der Waals surface area contributed by atoms with Crippen LogP contribution in [0.1, 0.15) is 42.3 Å². The molecule has 0 atom stereocenters. The number of benzene rings is 2. The van der Waals surface area contributed by atoms with Crippen LogP contribution in [0.25, 0.3) is 0 Å². The SMILES string of the molecule is CCc1ccc(NC(=O)CSCc2cccc(C(=O)OC(C)C)c2)cc1. The third kappa shape index (κ3) is 6.56. The van der Waals surface area contributed by atoms with Crippen molar-refractivity contribution < 1.29 is 14.3 Å². The number of nitrogens with one attached hydrogen (secondary N) is 1. The molecule has 1 N–H and O–H groups in total. The Balaban J connectivity index is 1.81. The Bertz CT molecular complexity index is 741. The van der Waals surface area contributed by atoms with E-state index in [0.29, 0.717) is 17.1 Å². The van der Waals surface area contributed by atoms with E-state index in [2.05, 4.69) is 12.2 Å². The maximum atomic E-state index is 12.0. The maximum absolute atomic E-state index is 12.0. The average molecular weight is 372 g/mol. The van der Waals surface area contributed by atoms with Gasteiger partial charge in [0.1, 0.15) is 0 Å². The van der Waals surface area contributed by atoms with Gasteiger partial charge in [-0.1, -0.05) is 31.2 Å². The molecule has 2 aromatic rings. The van der Waals surface area contributed by atoms with Crippen molar-refractivity contribution in [2.45, 2.75) is 39.0 Å². The number of ether oxygens (including phenoxy) is 1. The second kappa shape index (κ2) is 10.0. The van der Waals surface area contributed by atoms with Crippen molar-refractivity contribution >= 4 is 29.3 Å². The van der Waals surface area contributed by atoms with Gasteiger partial charge >= 0.3 is 5.97 Å². The second-order valence-corrected chi connectivity index (χ2v) is 7.23. The molecule has 0 radical (unpaired) electrons. The topological polar surface area (TPSA) is 55.4 Å². The molecule has 0 saturated heterocycles. The quantitative estimate of drug-likeness (QED) is 0.684. The number of amides is 1. The summed E-state index contributed by atoms with van der Waals surface area (Å²) in [5.74, 6) is 0.663. The van der Waals surface area contributed by atoms with Gasteiger partial charge in [-0.25, -0.2) is 4.79 Å². The molecule has 138 valence electrons. The Morgan fingerprint density at radius 2 is 1.81 bits per heavy atom. The second-order valence-electron chi connectivity index (χ2n) is 6.25. The molecule has 0 aliphatic carbocycles. The fourth-order valence-corrected chi connectivity index (χ4v) is 3.13. The third-order valence-corrected chi connectivity index (χ3v) is 4.66. The van der Waals surface area contributed by atoms with E-state index >= 15 is 0 Å². The molecule has 2 rings (SSSR count). The summed E-state index contributed by atoms with van der Waals surface area (Å²) in [6.07, 6.45) is 0.837. The third-order valence-electron chi connectivity index (χ3n) is 3.65. The van der Waals surface area contributed by atoms with Crippen LogP contribution in [0, 0.1) is 0 Å². The van der Waals surface area contributed by atoms with E-state index in [0.717, 1.165) is 17.7 Å². The minimum Gasteiger partial charge on any atom is -0.459 e. The number of anilines is 1. The van der Waals surface area contributed by atoms with Gasteiger partial charge < -0.3 is 10.1 Å². The molecule has 0 aliphatic heterocycles. The summed E-state index contributed by atoms with van der Waals surface area (Å²) in [6, 6.07) is 15.2. The van der Waals surface area contributed by atoms with Crippen LogP contribution >= 0.6 is 11.8 Å². The predicted molar refractivity (Wildman–Crippen MR) is 108 cm³/mol. The molecule has 0 fully saturated rings. The zero-order valence-corrected chi connectivity index (χ0v) is 16.3. The first-order valence-electron chi connectivity index (χ1n) is 8.74. The lowest BCUT2D eigenvalue weighted by molar-refractivity contribution is -0.113. The van der Waals surface area contributed by atoms with Crippen molar-refractivity contribution in [2.75, 3.05) is 11.1 Å². The summed E-state index contributed by atoms with van der Waals surface area (Å²) < 4.78 is 5.21. The first-order valence-corrected chi connectivity index (χ1v) is 9.90. The van der Waals surface area contributed by atoms with Gasteiger partial charge in [0.2, 0.25) is 5.91 Å². The van der Waals surface area contributed by atoms with Gasteiger partial charge in [0, 0.05) is 11.4 Å². The first-order chi connectivity index (χ1) is 12.5. The Morgan fingerprint density at radius 1 is 1.08 bits per heavy atom. The van der Waals surface area contributed by atoms with Crippen LogP contribution in [-0.2, 0) is 21.7 Å². The number of esters is 1.